The number of rotatable bonds is 3. The first-order valence-electron chi connectivity index (χ1n) is 4.73. The third-order valence-electron chi connectivity index (χ3n) is 1.95. The Kier molecular flexibility index (Phi) is 4.01. The molecule has 0 aliphatic heterocycles. The first-order chi connectivity index (χ1) is 6.36. The maximum Gasteiger partial charge on any atom is 0.0729 e. The molecule has 0 bridgehead atoms. The van der Waals surface area contributed by atoms with E-state index in [1.54, 1.807) is 0 Å². The van der Waals surface area contributed by atoms with Crippen molar-refractivity contribution in [1.29, 1.82) is 0 Å². The topological polar surface area (TPSA) is 12.4 Å². The van der Waals surface area contributed by atoms with Crippen LogP contribution < -0.4 is 0 Å². The van der Waals surface area contributed by atoms with Crippen LogP contribution in [0.5, 0.6) is 0 Å². The summed E-state index contributed by atoms with van der Waals surface area (Å²) in [7, 11) is 0. The Balaban J connectivity index is 2.83. The SMILES string of the molecule is CCC(=C=Nc1ccccc1)CC. The van der Waals surface area contributed by atoms with E-state index in [9.17, 15) is 0 Å². The lowest BCUT2D eigenvalue weighted by Gasteiger charge is -1.92. The average molecular weight is 173 g/mol. The van der Waals surface area contributed by atoms with Crippen molar-refractivity contribution in [2.75, 3.05) is 0 Å². The summed E-state index contributed by atoms with van der Waals surface area (Å²) in [6.07, 6.45) is 2.07. The number of benzene rings is 1. The van der Waals surface area contributed by atoms with E-state index in [0.29, 0.717) is 0 Å². The van der Waals surface area contributed by atoms with E-state index in [-0.39, 0.29) is 0 Å². The molecule has 1 aromatic rings. The van der Waals surface area contributed by atoms with Crippen molar-refractivity contribution in [2.45, 2.75) is 26.7 Å². The Hall–Kier alpha value is -1.33. The van der Waals surface area contributed by atoms with E-state index in [2.05, 4.69) is 24.7 Å². The molecule has 1 aromatic carbocycles. The fourth-order valence-corrected chi connectivity index (χ4v) is 1.05. The first-order valence-corrected chi connectivity index (χ1v) is 4.73. The summed E-state index contributed by atoms with van der Waals surface area (Å²) in [4.78, 5) is 4.26. The van der Waals surface area contributed by atoms with Crippen LogP contribution in [0.4, 0.5) is 5.69 Å². The fraction of sp³-hybridized carbons (Fsp3) is 0.333. The summed E-state index contributed by atoms with van der Waals surface area (Å²) in [5, 5.41) is 0. The molecule has 1 rings (SSSR count). The molecule has 0 radical (unpaired) electrons. The smallest absolute Gasteiger partial charge is 0.0729 e. The molecule has 0 heterocycles. The van der Waals surface area contributed by atoms with Crippen molar-refractivity contribution < 1.29 is 0 Å². The van der Waals surface area contributed by atoms with Crippen LogP contribution in [0.3, 0.4) is 0 Å². The molecular weight excluding hydrogens is 158 g/mol. The van der Waals surface area contributed by atoms with Gasteiger partial charge < -0.3 is 0 Å². The molecule has 0 aliphatic carbocycles. The summed E-state index contributed by atoms with van der Waals surface area (Å²) in [6.45, 7) is 4.26. The van der Waals surface area contributed by atoms with E-state index < -0.39 is 0 Å². The zero-order valence-electron chi connectivity index (χ0n) is 8.25. The van der Waals surface area contributed by atoms with Crippen LogP contribution in [0.15, 0.2) is 40.9 Å². The highest BCUT2D eigenvalue weighted by Gasteiger charge is 1.87. The van der Waals surface area contributed by atoms with Crippen LogP contribution >= 0.6 is 0 Å². The highest BCUT2D eigenvalue weighted by molar-refractivity contribution is 5.62. The fourth-order valence-electron chi connectivity index (χ4n) is 1.05. The second-order valence-corrected chi connectivity index (χ2v) is 2.87. The Labute approximate surface area is 79.8 Å². The normalized spacial score (nSPS) is 9.08. The van der Waals surface area contributed by atoms with Crippen molar-refractivity contribution >= 4 is 11.6 Å². The van der Waals surface area contributed by atoms with Gasteiger partial charge in [0.15, 0.2) is 0 Å². The first kappa shape index (κ1) is 9.76. The van der Waals surface area contributed by atoms with Gasteiger partial charge in [0.2, 0.25) is 0 Å². The van der Waals surface area contributed by atoms with Crippen LogP contribution in [0.25, 0.3) is 0 Å². The molecule has 0 N–H and O–H groups in total. The average Bonchev–Trinajstić information content (AvgIpc) is 2.21. The molecule has 1 heteroatoms. The maximum absolute atomic E-state index is 4.26. The molecule has 0 aliphatic rings. The molecule has 0 saturated heterocycles. The molecule has 1 nitrogen and oxygen atoms in total. The number of aliphatic imine (C=N–C) groups is 1. The maximum atomic E-state index is 4.26. The van der Waals surface area contributed by atoms with Crippen molar-refractivity contribution in [1.82, 2.24) is 0 Å². The molecule has 0 spiro atoms. The van der Waals surface area contributed by atoms with Crippen LogP contribution in [0, 0.1) is 0 Å². The molecular formula is C12H15N. The predicted octanol–water partition coefficient (Wildman–Crippen LogP) is 3.73. The van der Waals surface area contributed by atoms with Crippen LogP contribution in [0.2, 0.25) is 0 Å². The summed E-state index contributed by atoms with van der Waals surface area (Å²) >= 11 is 0. The van der Waals surface area contributed by atoms with Gasteiger partial charge in [-0.15, -0.1) is 0 Å². The monoisotopic (exact) mass is 173 g/mol. The van der Waals surface area contributed by atoms with Crippen LogP contribution in [0.1, 0.15) is 26.7 Å². The van der Waals surface area contributed by atoms with Gasteiger partial charge in [-0.1, -0.05) is 32.0 Å². The van der Waals surface area contributed by atoms with E-state index in [0.717, 1.165) is 18.5 Å². The summed E-state index contributed by atoms with van der Waals surface area (Å²) < 4.78 is 0. The Morgan fingerprint density at radius 2 is 1.77 bits per heavy atom. The van der Waals surface area contributed by atoms with E-state index in [4.69, 9.17) is 0 Å². The standard InChI is InChI=1S/C12H15N/c1-3-11(4-2)10-13-12-8-6-5-7-9-12/h5-9H,3-4H2,1-2H3. The van der Waals surface area contributed by atoms with Gasteiger partial charge in [-0.25, -0.2) is 4.99 Å². The number of hydrogen-bond acceptors (Lipinski definition) is 1. The van der Waals surface area contributed by atoms with E-state index in [1.165, 1.54) is 5.57 Å². The Morgan fingerprint density at radius 1 is 1.15 bits per heavy atom. The molecule has 13 heavy (non-hydrogen) atoms. The third kappa shape index (κ3) is 3.27. The van der Waals surface area contributed by atoms with E-state index in [1.807, 2.05) is 30.3 Å². The van der Waals surface area contributed by atoms with Crippen molar-refractivity contribution in [3.05, 3.63) is 35.9 Å². The highest BCUT2D eigenvalue weighted by atomic mass is 14.7. The third-order valence-corrected chi connectivity index (χ3v) is 1.95. The molecule has 0 aromatic heterocycles. The van der Waals surface area contributed by atoms with Gasteiger partial charge in [-0.2, -0.15) is 0 Å². The lowest BCUT2D eigenvalue weighted by Crippen LogP contribution is -1.76. The van der Waals surface area contributed by atoms with Crippen LogP contribution in [-0.2, 0) is 0 Å². The van der Waals surface area contributed by atoms with Crippen molar-refractivity contribution in [2.24, 2.45) is 4.99 Å². The van der Waals surface area contributed by atoms with E-state index >= 15 is 0 Å². The number of nitrogens with zero attached hydrogens (tertiary/aromatic N) is 1. The lowest BCUT2D eigenvalue weighted by molar-refractivity contribution is 0.997. The highest BCUT2D eigenvalue weighted by Crippen LogP contribution is 2.09. The Bertz CT molecular complexity index is 299. The Morgan fingerprint density at radius 3 is 2.31 bits per heavy atom. The zero-order valence-corrected chi connectivity index (χ0v) is 8.25. The second-order valence-electron chi connectivity index (χ2n) is 2.87. The van der Waals surface area contributed by atoms with Crippen LogP contribution in [-0.4, -0.2) is 5.87 Å². The largest absolute Gasteiger partial charge is 0.206 e. The molecule has 0 fully saturated rings. The summed E-state index contributed by atoms with van der Waals surface area (Å²) in [5.74, 6) is 3.08. The predicted molar refractivity (Wildman–Crippen MR) is 57.6 cm³/mol. The molecule has 0 atom stereocenters. The number of para-hydroxylation sites is 1. The van der Waals surface area contributed by atoms with Gasteiger partial charge in [0.05, 0.1) is 5.69 Å². The van der Waals surface area contributed by atoms with Gasteiger partial charge in [0.25, 0.3) is 0 Å². The summed E-state index contributed by atoms with van der Waals surface area (Å²) in [6, 6.07) is 9.92. The lowest BCUT2D eigenvalue weighted by atomic mass is 10.2. The van der Waals surface area contributed by atoms with Gasteiger partial charge in [-0.05, 0) is 36.4 Å². The number of hydrogen-bond donors (Lipinski definition) is 0. The minimum Gasteiger partial charge on any atom is -0.206 e. The van der Waals surface area contributed by atoms with Crippen molar-refractivity contribution in [3.63, 3.8) is 0 Å². The minimum atomic E-state index is 0.974. The second kappa shape index (κ2) is 5.34. The molecule has 68 valence electrons. The molecule has 0 amide bonds. The van der Waals surface area contributed by atoms with Gasteiger partial charge in [-0.3, -0.25) is 0 Å². The molecule has 0 unspecified atom stereocenters. The van der Waals surface area contributed by atoms with Gasteiger partial charge in [0.1, 0.15) is 0 Å². The quantitative estimate of drug-likeness (QED) is 0.617. The minimum absolute atomic E-state index is 0.974. The van der Waals surface area contributed by atoms with Gasteiger partial charge >= 0.3 is 0 Å². The number of allylic oxidation sites excluding steroid dienone is 1. The summed E-state index contributed by atoms with van der Waals surface area (Å²) in [5.41, 5.74) is 2.24. The molecule has 0 saturated carbocycles. The van der Waals surface area contributed by atoms with Gasteiger partial charge in [0, 0.05) is 0 Å². The van der Waals surface area contributed by atoms with Crippen molar-refractivity contribution in [3.8, 4) is 0 Å². The zero-order chi connectivity index (χ0) is 9.52.